The monoisotopic (exact) mass is 322 g/mol. The zero-order valence-electron chi connectivity index (χ0n) is 13.6. The van der Waals surface area contributed by atoms with Gasteiger partial charge in [0.25, 0.3) is 0 Å². The molecule has 24 heavy (non-hydrogen) atoms. The third-order valence-electron chi connectivity index (χ3n) is 3.35. The van der Waals surface area contributed by atoms with Crippen LogP contribution in [0.2, 0.25) is 0 Å². The number of benzene rings is 2. The van der Waals surface area contributed by atoms with Crippen LogP contribution in [0.15, 0.2) is 60.7 Å². The molecule has 2 N–H and O–H groups in total. The van der Waals surface area contributed by atoms with Crippen LogP contribution in [0.4, 0.5) is 21.8 Å². The molecular weight excluding hydrogens is 303 g/mol. The summed E-state index contributed by atoms with van der Waals surface area (Å²) in [5.74, 6) is 0.720. The number of nitrogens with one attached hydrogen (secondary N) is 2. The highest BCUT2D eigenvalue weighted by Crippen LogP contribution is 2.24. The van der Waals surface area contributed by atoms with E-state index in [4.69, 9.17) is 0 Å². The van der Waals surface area contributed by atoms with Crippen molar-refractivity contribution in [2.75, 3.05) is 10.6 Å². The highest BCUT2D eigenvalue weighted by molar-refractivity contribution is 5.67. The molecule has 2 aromatic carbocycles. The summed E-state index contributed by atoms with van der Waals surface area (Å²) < 4.78 is 13.9. The maximum absolute atomic E-state index is 13.9. The Hall–Kier alpha value is -2.95. The molecule has 5 heteroatoms. The number of hydrogen-bond donors (Lipinski definition) is 2. The lowest BCUT2D eigenvalue weighted by Gasteiger charge is -2.13. The minimum Gasteiger partial charge on any atom is -0.352 e. The van der Waals surface area contributed by atoms with Gasteiger partial charge in [0.05, 0.1) is 11.4 Å². The van der Waals surface area contributed by atoms with Crippen molar-refractivity contribution in [3.63, 3.8) is 0 Å². The van der Waals surface area contributed by atoms with Crippen molar-refractivity contribution in [2.45, 2.75) is 19.9 Å². The SMILES string of the molecule is CC(C)Nc1nc(Nc2ccccc2F)cc(-c2ccccc2)n1. The van der Waals surface area contributed by atoms with Gasteiger partial charge in [-0.05, 0) is 26.0 Å². The fraction of sp³-hybridized carbons (Fsp3) is 0.158. The molecule has 0 unspecified atom stereocenters. The highest BCUT2D eigenvalue weighted by atomic mass is 19.1. The Bertz CT molecular complexity index is 819. The summed E-state index contributed by atoms with van der Waals surface area (Å²) in [6.07, 6.45) is 0. The van der Waals surface area contributed by atoms with Crippen LogP contribution in [0.1, 0.15) is 13.8 Å². The van der Waals surface area contributed by atoms with Gasteiger partial charge >= 0.3 is 0 Å². The average molecular weight is 322 g/mol. The molecule has 3 aromatic rings. The molecule has 0 spiro atoms. The van der Waals surface area contributed by atoms with E-state index in [0.29, 0.717) is 17.5 Å². The molecule has 122 valence electrons. The molecule has 0 radical (unpaired) electrons. The van der Waals surface area contributed by atoms with Gasteiger partial charge in [-0.1, -0.05) is 42.5 Å². The van der Waals surface area contributed by atoms with Crippen LogP contribution in [-0.4, -0.2) is 16.0 Å². The minimum absolute atomic E-state index is 0.192. The Morgan fingerprint density at radius 3 is 2.33 bits per heavy atom. The molecule has 0 saturated carbocycles. The predicted octanol–water partition coefficient (Wildman–Crippen LogP) is 4.85. The van der Waals surface area contributed by atoms with Crippen molar-refractivity contribution < 1.29 is 4.39 Å². The van der Waals surface area contributed by atoms with Crippen LogP contribution < -0.4 is 10.6 Å². The zero-order chi connectivity index (χ0) is 16.9. The van der Waals surface area contributed by atoms with Crippen molar-refractivity contribution >= 4 is 17.5 Å². The van der Waals surface area contributed by atoms with E-state index in [2.05, 4.69) is 20.6 Å². The number of para-hydroxylation sites is 1. The number of halogens is 1. The number of nitrogens with zero attached hydrogens (tertiary/aromatic N) is 2. The topological polar surface area (TPSA) is 49.8 Å². The third-order valence-corrected chi connectivity index (χ3v) is 3.35. The van der Waals surface area contributed by atoms with Crippen molar-refractivity contribution in [3.8, 4) is 11.3 Å². The van der Waals surface area contributed by atoms with E-state index in [0.717, 1.165) is 11.3 Å². The van der Waals surface area contributed by atoms with Gasteiger partial charge in [-0.2, -0.15) is 4.98 Å². The number of anilines is 3. The average Bonchev–Trinajstić information content (AvgIpc) is 2.57. The molecule has 0 atom stereocenters. The highest BCUT2D eigenvalue weighted by Gasteiger charge is 2.09. The summed E-state index contributed by atoms with van der Waals surface area (Å²) in [6, 6.07) is 18.3. The van der Waals surface area contributed by atoms with E-state index >= 15 is 0 Å². The Labute approximate surface area is 140 Å². The van der Waals surface area contributed by atoms with E-state index in [1.54, 1.807) is 18.2 Å². The lowest BCUT2D eigenvalue weighted by molar-refractivity contribution is 0.632. The molecule has 1 heterocycles. The molecule has 0 aliphatic heterocycles. The van der Waals surface area contributed by atoms with Crippen LogP contribution in [0.5, 0.6) is 0 Å². The second kappa shape index (κ2) is 7.08. The summed E-state index contributed by atoms with van der Waals surface area (Å²) in [5, 5.41) is 6.23. The summed E-state index contributed by atoms with van der Waals surface area (Å²) in [6.45, 7) is 4.03. The maximum Gasteiger partial charge on any atom is 0.225 e. The lowest BCUT2D eigenvalue weighted by Crippen LogP contribution is -2.13. The normalized spacial score (nSPS) is 10.7. The second-order valence-electron chi connectivity index (χ2n) is 5.73. The first-order chi connectivity index (χ1) is 11.6. The smallest absolute Gasteiger partial charge is 0.225 e. The van der Waals surface area contributed by atoms with Gasteiger partial charge in [0, 0.05) is 17.7 Å². The number of hydrogen-bond acceptors (Lipinski definition) is 4. The quantitative estimate of drug-likeness (QED) is 0.705. The maximum atomic E-state index is 13.9. The second-order valence-corrected chi connectivity index (χ2v) is 5.73. The van der Waals surface area contributed by atoms with Crippen LogP contribution in [0.3, 0.4) is 0 Å². The summed E-state index contributed by atoms with van der Waals surface area (Å²) >= 11 is 0. The van der Waals surface area contributed by atoms with Gasteiger partial charge in [-0.25, -0.2) is 9.37 Å². The molecular formula is C19H19FN4. The molecule has 0 aliphatic carbocycles. The molecule has 3 rings (SSSR count). The van der Waals surface area contributed by atoms with Crippen LogP contribution in [-0.2, 0) is 0 Å². The Kier molecular flexibility index (Phi) is 4.70. The van der Waals surface area contributed by atoms with Gasteiger partial charge in [0.15, 0.2) is 0 Å². The number of rotatable bonds is 5. The van der Waals surface area contributed by atoms with Crippen molar-refractivity contribution in [3.05, 3.63) is 66.5 Å². The largest absolute Gasteiger partial charge is 0.352 e. The molecule has 0 fully saturated rings. The van der Waals surface area contributed by atoms with Gasteiger partial charge in [0.2, 0.25) is 5.95 Å². The van der Waals surface area contributed by atoms with Crippen LogP contribution >= 0.6 is 0 Å². The third kappa shape index (κ3) is 3.87. The summed E-state index contributed by atoms with van der Waals surface area (Å²) in [5.41, 5.74) is 2.13. The molecule has 1 aromatic heterocycles. The van der Waals surface area contributed by atoms with Crippen molar-refractivity contribution in [1.82, 2.24) is 9.97 Å². The fourth-order valence-electron chi connectivity index (χ4n) is 2.29. The Morgan fingerprint density at radius 2 is 1.62 bits per heavy atom. The predicted molar refractivity (Wildman–Crippen MR) is 95.9 cm³/mol. The Morgan fingerprint density at radius 1 is 0.917 bits per heavy atom. The fourth-order valence-corrected chi connectivity index (χ4v) is 2.29. The molecule has 4 nitrogen and oxygen atoms in total. The van der Waals surface area contributed by atoms with E-state index in [-0.39, 0.29) is 11.9 Å². The standard InChI is InChI=1S/C19H19FN4/c1-13(2)21-19-23-17(14-8-4-3-5-9-14)12-18(24-19)22-16-11-7-6-10-15(16)20/h3-13H,1-2H3,(H2,21,22,23,24). The summed E-state index contributed by atoms with van der Waals surface area (Å²) in [4.78, 5) is 8.99. The Balaban J connectivity index is 2.00. The lowest BCUT2D eigenvalue weighted by atomic mass is 10.1. The first kappa shape index (κ1) is 15.9. The van der Waals surface area contributed by atoms with Crippen molar-refractivity contribution in [1.29, 1.82) is 0 Å². The van der Waals surface area contributed by atoms with E-state index < -0.39 is 0 Å². The number of aromatic nitrogens is 2. The molecule has 0 bridgehead atoms. The zero-order valence-corrected chi connectivity index (χ0v) is 13.6. The first-order valence-electron chi connectivity index (χ1n) is 7.84. The minimum atomic E-state index is -0.323. The molecule has 0 saturated heterocycles. The van der Waals surface area contributed by atoms with E-state index in [1.807, 2.05) is 50.2 Å². The van der Waals surface area contributed by atoms with Crippen molar-refractivity contribution in [2.24, 2.45) is 0 Å². The van der Waals surface area contributed by atoms with Crippen LogP contribution in [0.25, 0.3) is 11.3 Å². The van der Waals surface area contributed by atoms with E-state index in [9.17, 15) is 4.39 Å². The van der Waals surface area contributed by atoms with Gasteiger partial charge < -0.3 is 10.6 Å². The van der Waals surface area contributed by atoms with Gasteiger partial charge in [-0.15, -0.1) is 0 Å². The first-order valence-corrected chi connectivity index (χ1v) is 7.84. The molecule has 0 amide bonds. The van der Waals surface area contributed by atoms with Crippen LogP contribution in [0, 0.1) is 5.82 Å². The molecule has 0 aliphatic rings. The van der Waals surface area contributed by atoms with E-state index in [1.165, 1.54) is 6.07 Å². The van der Waals surface area contributed by atoms with Gasteiger partial charge in [0.1, 0.15) is 11.6 Å². The summed E-state index contributed by atoms with van der Waals surface area (Å²) in [7, 11) is 0. The van der Waals surface area contributed by atoms with Gasteiger partial charge in [-0.3, -0.25) is 0 Å².